The van der Waals surface area contributed by atoms with Gasteiger partial charge in [-0.25, -0.2) is 13.1 Å². The van der Waals surface area contributed by atoms with Crippen LogP contribution in [0.4, 0.5) is 0 Å². The summed E-state index contributed by atoms with van der Waals surface area (Å²) in [6.07, 6.45) is 1.82. The second kappa shape index (κ2) is 7.66. The van der Waals surface area contributed by atoms with Gasteiger partial charge in [0.05, 0.1) is 5.75 Å². The first-order valence-corrected chi connectivity index (χ1v) is 7.60. The van der Waals surface area contributed by atoms with E-state index in [4.69, 9.17) is 5.11 Å². The van der Waals surface area contributed by atoms with Crippen LogP contribution in [0, 0.1) is 5.92 Å². The van der Waals surface area contributed by atoms with Gasteiger partial charge in [-0.15, -0.1) is 0 Å². The van der Waals surface area contributed by atoms with Crippen molar-refractivity contribution in [3.63, 3.8) is 0 Å². The smallest absolute Gasteiger partial charge is 0.303 e. The maximum absolute atomic E-state index is 11.6. The maximum atomic E-state index is 11.6. The SMILES string of the molecule is CC(C)CCC(C)NS(=O)(=O)CCCC(=O)O. The molecule has 0 aliphatic rings. The Balaban J connectivity index is 3.94. The first-order valence-electron chi connectivity index (χ1n) is 5.94. The number of hydrogen-bond donors (Lipinski definition) is 2. The first kappa shape index (κ1) is 16.4. The fourth-order valence-corrected chi connectivity index (χ4v) is 2.79. The molecular weight excluding hydrogens is 242 g/mol. The highest BCUT2D eigenvalue weighted by Crippen LogP contribution is 2.07. The van der Waals surface area contributed by atoms with Crippen molar-refractivity contribution < 1.29 is 18.3 Å². The number of carboxylic acid groups (broad SMARTS) is 1. The lowest BCUT2D eigenvalue weighted by Crippen LogP contribution is -2.34. The van der Waals surface area contributed by atoms with Gasteiger partial charge in [0.1, 0.15) is 0 Å². The third kappa shape index (κ3) is 10.3. The number of aliphatic carboxylic acids is 1. The first-order chi connectivity index (χ1) is 7.73. The minimum absolute atomic E-state index is 0.0905. The molecule has 0 bridgehead atoms. The zero-order valence-electron chi connectivity index (χ0n) is 10.8. The molecule has 0 aromatic rings. The largest absolute Gasteiger partial charge is 0.481 e. The second-order valence-corrected chi connectivity index (χ2v) is 6.68. The summed E-state index contributed by atoms with van der Waals surface area (Å²) in [5.74, 6) is -0.535. The Labute approximate surface area is 104 Å². The monoisotopic (exact) mass is 265 g/mol. The molecule has 5 nitrogen and oxygen atoms in total. The average molecular weight is 265 g/mol. The van der Waals surface area contributed by atoms with Gasteiger partial charge in [0.25, 0.3) is 0 Å². The van der Waals surface area contributed by atoms with E-state index in [0.717, 1.165) is 12.8 Å². The number of carboxylic acids is 1. The van der Waals surface area contributed by atoms with Gasteiger partial charge in [0.2, 0.25) is 10.0 Å². The number of sulfonamides is 1. The van der Waals surface area contributed by atoms with Gasteiger partial charge >= 0.3 is 5.97 Å². The van der Waals surface area contributed by atoms with Gasteiger partial charge in [0, 0.05) is 12.5 Å². The Kier molecular flexibility index (Phi) is 7.38. The molecule has 0 aliphatic carbocycles. The maximum Gasteiger partial charge on any atom is 0.303 e. The van der Waals surface area contributed by atoms with E-state index in [1.807, 2.05) is 6.92 Å². The molecule has 0 radical (unpaired) electrons. The quantitative estimate of drug-likeness (QED) is 0.663. The van der Waals surface area contributed by atoms with E-state index in [1.165, 1.54) is 0 Å². The minimum Gasteiger partial charge on any atom is -0.481 e. The molecule has 0 aromatic heterocycles. The van der Waals surface area contributed by atoms with Crippen molar-refractivity contribution in [2.75, 3.05) is 5.75 Å². The summed E-state index contributed by atoms with van der Waals surface area (Å²) < 4.78 is 25.7. The summed E-state index contributed by atoms with van der Waals surface area (Å²) >= 11 is 0. The molecule has 0 aliphatic heterocycles. The molecule has 0 fully saturated rings. The molecule has 0 aromatic carbocycles. The number of rotatable bonds is 9. The third-order valence-electron chi connectivity index (χ3n) is 2.36. The molecular formula is C11H23NO4S. The Morgan fingerprint density at radius 3 is 2.29 bits per heavy atom. The van der Waals surface area contributed by atoms with Crippen molar-refractivity contribution >= 4 is 16.0 Å². The van der Waals surface area contributed by atoms with Crippen molar-refractivity contribution in [2.24, 2.45) is 5.92 Å². The highest BCUT2D eigenvalue weighted by atomic mass is 32.2. The molecule has 1 atom stereocenters. The van der Waals surface area contributed by atoms with E-state index in [0.29, 0.717) is 5.92 Å². The summed E-state index contributed by atoms with van der Waals surface area (Å²) in [5.41, 5.74) is 0. The van der Waals surface area contributed by atoms with Crippen molar-refractivity contribution in [3.8, 4) is 0 Å². The van der Waals surface area contributed by atoms with Crippen LogP contribution >= 0.6 is 0 Å². The molecule has 17 heavy (non-hydrogen) atoms. The van der Waals surface area contributed by atoms with E-state index in [-0.39, 0.29) is 24.6 Å². The van der Waals surface area contributed by atoms with Crippen molar-refractivity contribution in [1.29, 1.82) is 0 Å². The number of carbonyl (C=O) groups is 1. The molecule has 2 N–H and O–H groups in total. The van der Waals surface area contributed by atoms with Gasteiger partial charge in [-0.1, -0.05) is 13.8 Å². The Morgan fingerprint density at radius 2 is 1.82 bits per heavy atom. The van der Waals surface area contributed by atoms with Crippen molar-refractivity contribution in [1.82, 2.24) is 4.72 Å². The Bertz CT molecular complexity index is 324. The normalized spacial score (nSPS) is 13.9. The van der Waals surface area contributed by atoms with E-state index >= 15 is 0 Å². The van der Waals surface area contributed by atoms with Crippen LogP contribution < -0.4 is 4.72 Å². The van der Waals surface area contributed by atoms with Crippen LogP contribution in [0.3, 0.4) is 0 Å². The zero-order chi connectivity index (χ0) is 13.5. The molecule has 0 rings (SSSR count). The molecule has 0 heterocycles. The van der Waals surface area contributed by atoms with E-state index < -0.39 is 16.0 Å². The van der Waals surface area contributed by atoms with Crippen LogP contribution in [0.5, 0.6) is 0 Å². The van der Waals surface area contributed by atoms with Gasteiger partial charge in [-0.3, -0.25) is 4.79 Å². The summed E-state index contributed by atoms with van der Waals surface area (Å²) in [5, 5.41) is 8.42. The summed E-state index contributed by atoms with van der Waals surface area (Å²) in [4.78, 5) is 10.3. The van der Waals surface area contributed by atoms with Crippen LogP contribution in [0.25, 0.3) is 0 Å². The lowest BCUT2D eigenvalue weighted by molar-refractivity contribution is -0.137. The highest BCUT2D eigenvalue weighted by Gasteiger charge is 2.15. The van der Waals surface area contributed by atoms with E-state index in [2.05, 4.69) is 18.6 Å². The van der Waals surface area contributed by atoms with Gasteiger partial charge < -0.3 is 5.11 Å². The fraction of sp³-hybridized carbons (Fsp3) is 0.909. The standard InChI is InChI=1S/C11H23NO4S/c1-9(2)6-7-10(3)12-17(15,16)8-4-5-11(13)14/h9-10,12H,4-8H2,1-3H3,(H,13,14). The van der Waals surface area contributed by atoms with Crippen LogP contribution in [0.15, 0.2) is 0 Å². The lowest BCUT2D eigenvalue weighted by atomic mass is 10.1. The molecule has 0 spiro atoms. The number of nitrogens with one attached hydrogen (secondary N) is 1. The Morgan fingerprint density at radius 1 is 1.24 bits per heavy atom. The summed E-state index contributed by atoms with van der Waals surface area (Å²) in [6, 6.07) is -0.0905. The molecule has 102 valence electrons. The predicted molar refractivity (Wildman–Crippen MR) is 67.3 cm³/mol. The van der Waals surface area contributed by atoms with Gasteiger partial charge in [-0.2, -0.15) is 0 Å². The highest BCUT2D eigenvalue weighted by molar-refractivity contribution is 7.89. The number of hydrogen-bond acceptors (Lipinski definition) is 3. The van der Waals surface area contributed by atoms with Crippen LogP contribution in [0.1, 0.15) is 46.5 Å². The van der Waals surface area contributed by atoms with Crippen LogP contribution in [0.2, 0.25) is 0 Å². The lowest BCUT2D eigenvalue weighted by Gasteiger charge is -2.15. The van der Waals surface area contributed by atoms with Gasteiger partial charge in [0.15, 0.2) is 0 Å². The molecule has 0 saturated heterocycles. The predicted octanol–water partition coefficient (Wildman–Crippen LogP) is 1.60. The third-order valence-corrected chi connectivity index (χ3v) is 3.95. The fourth-order valence-electron chi connectivity index (χ4n) is 1.42. The van der Waals surface area contributed by atoms with Crippen molar-refractivity contribution in [2.45, 2.75) is 52.5 Å². The van der Waals surface area contributed by atoms with E-state index in [1.54, 1.807) is 0 Å². The molecule has 0 saturated carbocycles. The topological polar surface area (TPSA) is 83.5 Å². The molecule has 0 amide bonds. The molecule has 1 unspecified atom stereocenters. The average Bonchev–Trinajstić information content (AvgIpc) is 2.12. The summed E-state index contributed by atoms with van der Waals surface area (Å²) in [7, 11) is -3.34. The van der Waals surface area contributed by atoms with Crippen LogP contribution in [-0.4, -0.2) is 31.3 Å². The summed E-state index contributed by atoms with van der Waals surface area (Å²) in [6.45, 7) is 6.01. The minimum atomic E-state index is -3.34. The zero-order valence-corrected chi connectivity index (χ0v) is 11.6. The van der Waals surface area contributed by atoms with E-state index in [9.17, 15) is 13.2 Å². The Hall–Kier alpha value is -0.620. The van der Waals surface area contributed by atoms with Crippen LogP contribution in [-0.2, 0) is 14.8 Å². The van der Waals surface area contributed by atoms with Gasteiger partial charge in [-0.05, 0) is 32.1 Å². The molecule has 6 heteroatoms. The van der Waals surface area contributed by atoms with Crippen molar-refractivity contribution in [3.05, 3.63) is 0 Å². The second-order valence-electron chi connectivity index (χ2n) is 4.81.